The molecule has 102 valence electrons. The number of hydrogen-bond donors (Lipinski definition) is 0. The van der Waals surface area contributed by atoms with Crippen molar-refractivity contribution in [3.8, 4) is 0 Å². The fourth-order valence-corrected chi connectivity index (χ4v) is 1.27. The molecule has 0 aromatic heterocycles. The van der Waals surface area contributed by atoms with Crippen LogP contribution in [0.25, 0.3) is 0 Å². The molecule has 0 N–H and O–H groups in total. The average molecular weight is 250 g/mol. The summed E-state index contributed by atoms with van der Waals surface area (Å²) < 4.78 is 5.19. The third-order valence-corrected chi connectivity index (χ3v) is 1.98. The summed E-state index contributed by atoms with van der Waals surface area (Å²) in [6.07, 6.45) is 15.7. The minimum Gasteiger partial charge on any atom is -0.460 e. The Morgan fingerprint density at radius 2 is 1.44 bits per heavy atom. The zero-order valence-electron chi connectivity index (χ0n) is 12.1. The van der Waals surface area contributed by atoms with Crippen LogP contribution in [0.4, 0.5) is 0 Å². The van der Waals surface area contributed by atoms with Gasteiger partial charge in [-0.15, -0.1) is 0 Å². The largest absolute Gasteiger partial charge is 0.460 e. The summed E-state index contributed by atoms with van der Waals surface area (Å²) >= 11 is 0. The molecule has 0 saturated heterocycles. The van der Waals surface area contributed by atoms with E-state index in [1.165, 1.54) is 0 Å². The molecular weight excluding hydrogens is 224 g/mol. The number of carbonyl (C=O) groups excluding carboxylic acids is 1. The molecule has 0 aliphatic rings. The predicted octanol–water partition coefficient (Wildman–Crippen LogP) is 4.58. The second-order valence-corrected chi connectivity index (χ2v) is 5.08. The Kier molecular flexibility index (Phi) is 8.99. The second-order valence-electron chi connectivity index (χ2n) is 5.08. The smallest absolute Gasteiger partial charge is 0.310 e. The zero-order chi connectivity index (χ0) is 13.9. The molecule has 18 heavy (non-hydrogen) atoms. The Bertz CT molecular complexity index is 304. The van der Waals surface area contributed by atoms with Gasteiger partial charge in [0.25, 0.3) is 0 Å². The molecular formula is C16H26O2. The Morgan fingerprint density at radius 3 is 1.94 bits per heavy atom. The minimum atomic E-state index is -0.392. The highest BCUT2D eigenvalue weighted by atomic mass is 16.6. The topological polar surface area (TPSA) is 26.3 Å². The Hall–Kier alpha value is -1.31. The van der Waals surface area contributed by atoms with Crippen molar-refractivity contribution < 1.29 is 9.53 Å². The van der Waals surface area contributed by atoms with E-state index in [4.69, 9.17) is 4.74 Å². The monoisotopic (exact) mass is 250 g/mol. The first-order valence-electron chi connectivity index (χ1n) is 6.62. The predicted molar refractivity (Wildman–Crippen MR) is 77.4 cm³/mol. The van der Waals surface area contributed by atoms with Crippen LogP contribution in [0.1, 0.15) is 53.4 Å². The van der Waals surface area contributed by atoms with E-state index in [0.717, 1.165) is 19.3 Å². The van der Waals surface area contributed by atoms with E-state index in [1.807, 2.05) is 32.9 Å². The van der Waals surface area contributed by atoms with Gasteiger partial charge in [0.05, 0.1) is 6.42 Å². The van der Waals surface area contributed by atoms with Crippen LogP contribution in [-0.4, -0.2) is 11.6 Å². The molecule has 0 aliphatic carbocycles. The lowest BCUT2D eigenvalue weighted by Gasteiger charge is -2.18. The van der Waals surface area contributed by atoms with Gasteiger partial charge in [-0.2, -0.15) is 0 Å². The lowest BCUT2D eigenvalue weighted by molar-refractivity contribution is -0.153. The number of hydrogen-bond acceptors (Lipinski definition) is 2. The Morgan fingerprint density at radius 1 is 0.944 bits per heavy atom. The molecule has 0 unspecified atom stereocenters. The quantitative estimate of drug-likeness (QED) is 0.488. The molecule has 2 nitrogen and oxygen atoms in total. The molecule has 0 radical (unpaired) electrons. The van der Waals surface area contributed by atoms with Gasteiger partial charge in [-0.05, 0) is 40.0 Å². The highest BCUT2D eigenvalue weighted by Gasteiger charge is 2.14. The third kappa shape index (κ3) is 12.8. The van der Waals surface area contributed by atoms with Crippen LogP contribution in [0, 0.1) is 0 Å². The van der Waals surface area contributed by atoms with Crippen molar-refractivity contribution in [3.05, 3.63) is 36.5 Å². The number of esters is 1. The zero-order valence-corrected chi connectivity index (χ0v) is 12.1. The van der Waals surface area contributed by atoms with Crippen molar-refractivity contribution in [3.63, 3.8) is 0 Å². The SMILES string of the molecule is CC/C=C\C/C=C\C/C=C\CC(=O)OC(C)(C)C. The van der Waals surface area contributed by atoms with Gasteiger partial charge in [0.2, 0.25) is 0 Å². The van der Waals surface area contributed by atoms with Gasteiger partial charge in [0, 0.05) is 0 Å². The minimum absolute atomic E-state index is 0.173. The van der Waals surface area contributed by atoms with Crippen LogP contribution in [0.3, 0.4) is 0 Å². The van der Waals surface area contributed by atoms with Crippen LogP contribution in [0.2, 0.25) is 0 Å². The van der Waals surface area contributed by atoms with E-state index in [9.17, 15) is 4.79 Å². The summed E-state index contributed by atoms with van der Waals surface area (Å²) in [6.45, 7) is 7.75. The molecule has 0 saturated carbocycles. The number of carbonyl (C=O) groups is 1. The van der Waals surface area contributed by atoms with Crippen LogP contribution in [0.5, 0.6) is 0 Å². The summed E-state index contributed by atoms with van der Waals surface area (Å²) in [5.74, 6) is -0.173. The molecule has 0 bridgehead atoms. The second kappa shape index (κ2) is 9.69. The van der Waals surface area contributed by atoms with Gasteiger partial charge in [0.15, 0.2) is 0 Å². The van der Waals surface area contributed by atoms with Gasteiger partial charge in [-0.25, -0.2) is 0 Å². The molecule has 0 heterocycles. The highest BCUT2D eigenvalue weighted by Crippen LogP contribution is 2.08. The summed E-state index contributed by atoms with van der Waals surface area (Å²) in [6, 6.07) is 0. The van der Waals surface area contributed by atoms with E-state index < -0.39 is 5.60 Å². The van der Waals surface area contributed by atoms with Crippen LogP contribution >= 0.6 is 0 Å². The molecule has 0 amide bonds. The molecule has 0 aliphatic heterocycles. The fourth-order valence-electron chi connectivity index (χ4n) is 1.27. The number of allylic oxidation sites excluding steroid dienone is 5. The van der Waals surface area contributed by atoms with Crippen LogP contribution in [-0.2, 0) is 9.53 Å². The first-order valence-corrected chi connectivity index (χ1v) is 6.62. The fraction of sp³-hybridized carbons (Fsp3) is 0.562. The lowest BCUT2D eigenvalue weighted by atomic mass is 10.2. The van der Waals surface area contributed by atoms with Crippen LogP contribution in [0.15, 0.2) is 36.5 Å². The van der Waals surface area contributed by atoms with Gasteiger partial charge >= 0.3 is 5.97 Å². The lowest BCUT2D eigenvalue weighted by Crippen LogP contribution is -2.23. The van der Waals surface area contributed by atoms with E-state index in [-0.39, 0.29) is 5.97 Å². The van der Waals surface area contributed by atoms with E-state index in [0.29, 0.717) is 6.42 Å². The summed E-state index contributed by atoms with van der Waals surface area (Å²) in [5.41, 5.74) is -0.392. The van der Waals surface area contributed by atoms with Gasteiger partial charge in [-0.1, -0.05) is 43.4 Å². The van der Waals surface area contributed by atoms with Crippen molar-refractivity contribution in [1.82, 2.24) is 0 Å². The summed E-state index contributed by atoms with van der Waals surface area (Å²) in [7, 11) is 0. The standard InChI is InChI=1S/C16H26O2/c1-5-6-7-8-9-10-11-12-13-14-15(17)18-16(2,3)4/h6-7,9-10,12-13H,5,8,11,14H2,1-4H3/b7-6-,10-9-,13-12-. The average Bonchev–Trinajstić information content (AvgIpc) is 2.24. The molecule has 0 fully saturated rings. The maximum Gasteiger partial charge on any atom is 0.310 e. The van der Waals surface area contributed by atoms with Crippen molar-refractivity contribution in [2.75, 3.05) is 0 Å². The number of ether oxygens (including phenoxy) is 1. The third-order valence-electron chi connectivity index (χ3n) is 1.98. The van der Waals surface area contributed by atoms with Gasteiger partial charge < -0.3 is 4.74 Å². The van der Waals surface area contributed by atoms with Crippen molar-refractivity contribution >= 4 is 5.97 Å². The molecule has 2 heteroatoms. The highest BCUT2D eigenvalue weighted by molar-refractivity contribution is 5.71. The Balaban J connectivity index is 3.66. The molecule has 0 aromatic carbocycles. The van der Waals surface area contributed by atoms with Crippen molar-refractivity contribution in [1.29, 1.82) is 0 Å². The van der Waals surface area contributed by atoms with Gasteiger partial charge in [0.1, 0.15) is 5.60 Å². The van der Waals surface area contributed by atoms with Crippen molar-refractivity contribution in [2.24, 2.45) is 0 Å². The molecule has 0 spiro atoms. The van der Waals surface area contributed by atoms with E-state index in [2.05, 4.69) is 31.2 Å². The van der Waals surface area contributed by atoms with E-state index in [1.54, 1.807) is 0 Å². The molecule has 0 rings (SSSR count). The van der Waals surface area contributed by atoms with E-state index >= 15 is 0 Å². The van der Waals surface area contributed by atoms with Crippen LogP contribution < -0.4 is 0 Å². The molecule has 0 aromatic rings. The molecule has 0 atom stereocenters. The summed E-state index contributed by atoms with van der Waals surface area (Å²) in [4.78, 5) is 11.4. The first-order chi connectivity index (χ1) is 8.45. The Labute approximate surface area is 111 Å². The number of rotatable bonds is 7. The summed E-state index contributed by atoms with van der Waals surface area (Å²) in [5, 5.41) is 0. The maximum absolute atomic E-state index is 11.4. The van der Waals surface area contributed by atoms with Gasteiger partial charge in [-0.3, -0.25) is 4.79 Å². The van der Waals surface area contributed by atoms with Crippen molar-refractivity contribution in [2.45, 2.75) is 59.0 Å². The maximum atomic E-state index is 11.4. The normalized spacial score (nSPS) is 12.9. The first kappa shape index (κ1) is 16.7.